The van der Waals surface area contributed by atoms with Crippen molar-refractivity contribution in [3.63, 3.8) is 0 Å². The summed E-state index contributed by atoms with van der Waals surface area (Å²) >= 11 is 6.19. The molecule has 1 aliphatic heterocycles. The van der Waals surface area contributed by atoms with Gasteiger partial charge in [-0.05, 0) is 65.7 Å². The lowest BCUT2D eigenvalue weighted by Crippen LogP contribution is -2.27. The summed E-state index contributed by atoms with van der Waals surface area (Å²) in [5, 5.41) is 20.2. The van der Waals surface area contributed by atoms with Gasteiger partial charge in [0, 0.05) is 34.3 Å². The Morgan fingerprint density at radius 3 is 2.88 bits per heavy atom. The third-order valence-corrected chi connectivity index (χ3v) is 6.57. The van der Waals surface area contributed by atoms with Crippen LogP contribution < -0.4 is 16.0 Å². The van der Waals surface area contributed by atoms with Crippen LogP contribution in [0.4, 0.5) is 16.2 Å². The summed E-state index contributed by atoms with van der Waals surface area (Å²) in [4.78, 5) is 45.2. The molecule has 0 saturated heterocycles. The van der Waals surface area contributed by atoms with Crippen molar-refractivity contribution in [1.82, 2.24) is 35.5 Å². The number of ether oxygens (including phenoxy) is 1. The predicted molar refractivity (Wildman–Crippen MR) is 156 cm³/mol. The summed E-state index contributed by atoms with van der Waals surface area (Å²) in [6.45, 7) is 0. The molecule has 13 nitrogen and oxygen atoms in total. The number of tetrazole rings is 1. The number of carbonyl (C=O) groups excluding carboxylic acids is 3. The Balaban J connectivity index is 1.40. The number of aromatic nitrogens is 6. The number of hydrogen-bond acceptors (Lipinski definition) is 8. The van der Waals surface area contributed by atoms with Crippen molar-refractivity contribution in [1.29, 1.82) is 0 Å². The van der Waals surface area contributed by atoms with Gasteiger partial charge in [-0.1, -0.05) is 23.8 Å². The predicted octanol–water partition coefficient (Wildman–Crippen LogP) is 4.43. The Hall–Kier alpha value is -5.30. The minimum atomic E-state index is -0.630. The van der Waals surface area contributed by atoms with E-state index in [1.54, 1.807) is 48.7 Å². The number of halogens is 1. The van der Waals surface area contributed by atoms with E-state index in [-0.39, 0.29) is 18.2 Å². The van der Waals surface area contributed by atoms with Gasteiger partial charge in [-0.25, -0.2) is 9.78 Å². The number of anilines is 2. The molecule has 1 atom stereocenters. The van der Waals surface area contributed by atoms with Crippen LogP contribution in [0.1, 0.15) is 36.7 Å². The second-order valence-corrected chi connectivity index (χ2v) is 9.64. The molecule has 0 fully saturated rings. The topological polar surface area (TPSA) is 169 Å². The summed E-state index contributed by atoms with van der Waals surface area (Å²) in [5.74, 6) is -0.0111. The molecule has 14 heteroatoms. The molecule has 0 unspecified atom stereocenters. The van der Waals surface area contributed by atoms with Gasteiger partial charge in [0.25, 0.3) is 0 Å². The molecule has 1 aliphatic rings. The second kappa shape index (κ2) is 12.9. The number of aromatic amines is 1. The van der Waals surface area contributed by atoms with Crippen LogP contribution in [0, 0.1) is 0 Å². The smallest absolute Gasteiger partial charge is 0.411 e. The quantitative estimate of drug-likeness (QED) is 0.196. The van der Waals surface area contributed by atoms with Crippen LogP contribution in [0.5, 0.6) is 0 Å². The normalized spacial score (nSPS) is 15.9. The maximum atomic E-state index is 13.1. The van der Waals surface area contributed by atoms with Crippen molar-refractivity contribution in [2.75, 3.05) is 17.7 Å². The SMILES string of the molecule is COC(=O)Nc1ccc2c(c1)NC(=O)CC/C=C\C[C@H](NC(=O)/C=C/c1cc(Cl)ccc1-n1cnnn1)c1ncc-2[nH]1. The zero-order valence-electron chi connectivity index (χ0n) is 22.4. The second-order valence-electron chi connectivity index (χ2n) is 9.21. The average Bonchev–Trinajstić information content (AvgIpc) is 3.68. The lowest BCUT2D eigenvalue weighted by molar-refractivity contribution is -0.117. The maximum Gasteiger partial charge on any atom is 0.411 e. The molecule has 42 heavy (non-hydrogen) atoms. The molecule has 2 aromatic carbocycles. The van der Waals surface area contributed by atoms with Crippen LogP contribution >= 0.6 is 11.6 Å². The largest absolute Gasteiger partial charge is 0.453 e. The number of allylic oxidation sites excluding steroid dienone is 1. The Kier molecular flexibility index (Phi) is 8.68. The molecule has 3 heterocycles. The molecular formula is C28H26ClN9O4. The lowest BCUT2D eigenvalue weighted by atomic mass is 10.1. The van der Waals surface area contributed by atoms with Crippen LogP contribution in [0.2, 0.25) is 5.02 Å². The molecule has 4 aromatic rings. The van der Waals surface area contributed by atoms with E-state index >= 15 is 0 Å². The summed E-state index contributed by atoms with van der Waals surface area (Å²) in [7, 11) is 1.27. The summed E-state index contributed by atoms with van der Waals surface area (Å²) < 4.78 is 6.14. The van der Waals surface area contributed by atoms with Gasteiger partial charge in [0.1, 0.15) is 12.2 Å². The van der Waals surface area contributed by atoms with E-state index in [1.165, 1.54) is 24.2 Å². The Morgan fingerprint density at radius 1 is 1.19 bits per heavy atom. The van der Waals surface area contributed by atoms with Crippen molar-refractivity contribution >= 4 is 47.0 Å². The average molecular weight is 588 g/mol. The number of amides is 3. The number of nitrogens with one attached hydrogen (secondary N) is 4. The number of nitrogens with zero attached hydrogens (tertiary/aromatic N) is 5. The first-order valence-corrected chi connectivity index (χ1v) is 13.3. The fourth-order valence-electron chi connectivity index (χ4n) is 4.32. The molecule has 2 bridgehead atoms. The number of rotatable bonds is 5. The zero-order valence-corrected chi connectivity index (χ0v) is 23.1. The molecule has 2 aromatic heterocycles. The number of carbonyl (C=O) groups is 3. The molecule has 0 saturated carbocycles. The van der Waals surface area contributed by atoms with Crippen molar-refractivity contribution in [3.8, 4) is 16.9 Å². The van der Waals surface area contributed by atoms with E-state index in [9.17, 15) is 14.4 Å². The number of benzene rings is 2. The monoisotopic (exact) mass is 587 g/mol. The molecule has 5 rings (SSSR count). The molecule has 0 radical (unpaired) electrons. The number of methoxy groups -OCH3 is 1. The first-order valence-electron chi connectivity index (χ1n) is 12.9. The minimum Gasteiger partial charge on any atom is -0.453 e. The Morgan fingerprint density at radius 2 is 2.07 bits per heavy atom. The maximum absolute atomic E-state index is 13.1. The highest BCUT2D eigenvalue weighted by atomic mass is 35.5. The number of fused-ring (bicyclic) bond motifs is 4. The summed E-state index contributed by atoms with van der Waals surface area (Å²) in [6, 6.07) is 9.77. The minimum absolute atomic E-state index is 0.188. The molecule has 3 amide bonds. The first kappa shape index (κ1) is 28.2. The fraction of sp³-hybridized carbons (Fsp3) is 0.179. The van der Waals surface area contributed by atoms with E-state index in [2.05, 4.69) is 46.2 Å². The Bertz CT molecular complexity index is 1660. The van der Waals surface area contributed by atoms with Crippen molar-refractivity contribution < 1.29 is 19.1 Å². The van der Waals surface area contributed by atoms with E-state index in [1.807, 2.05) is 12.2 Å². The first-order chi connectivity index (χ1) is 20.4. The highest BCUT2D eigenvalue weighted by molar-refractivity contribution is 6.30. The Labute approximate surface area is 245 Å². The van der Waals surface area contributed by atoms with Crippen molar-refractivity contribution in [3.05, 3.63) is 83.6 Å². The number of H-pyrrole nitrogens is 1. The molecule has 4 N–H and O–H groups in total. The fourth-order valence-corrected chi connectivity index (χ4v) is 4.50. The highest BCUT2D eigenvalue weighted by Gasteiger charge is 2.19. The number of hydrogen-bond donors (Lipinski definition) is 4. The van der Waals surface area contributed by atoms with Gasteiger partial charge in [0.15, 0.2) is 0 Å². The van der Waals surface area contributed by atoms with Gasteiger partial charge >= 0.3 is 6.09 Å². The summed E-state index contributed by atoms with van der Waals surface area (Å²) in [6.07, 6.45) is 10.5. The lowest BCUT2D eigenvalue weighted by Gasteiger charge is -2.14. The third kappa shape index (κ3) is 6.88. The molecular weight excluding hydrogens is 562 g/mol. The van der Waals surface area contributed by atoms with E-state index < -0.39 is 12.1 Å². The van der Waals surface area contributed by atoms with Crippen LogP contribution in [0.15, 0.2) is 67.2 Å². The van der Waals surface area contributed by atoms with E-state index in [4.69, 9.17) is 11.6 Å². The van der Waals surface area contributed by atoms with Crippen LogP contribution in [0.25, 0.3) is 23.0 Å². The standard InChI is InChI=1S/C28H26ClN9O4/c1-42-28(41)32-19-9-10-20-22(14-19)34-25(39)6-4-2-3-5-21(27-30-15-23(20)35-27)33-26(40)12-7-17-13-18(29)8-11-24(17)38-16-31-36-37-38/h2-3,7-16,21H,4-6H2,1H3,(H,30,35)(H,32,41)(H,33,40)(H,34,39)/b3-2-,12-7+/t21-/m0/s1. The number of imidazole rings is 1. The van der Waals surface area contributed by atoms with Gasteiger partial charge in [-0.2, -0.15) is 4.68 Å². The summed E-state index contributed by atoms with van der Waals surface area (Å²) in [5.41, 5.74) is 3.51. The molecule has 0 spiro atoms. The van der Waals surface area contributed by atoms with Crippen molar-refractivity contribution in [2.45, 2.75) is 25.3 Å². The van der Waals surface area contributed by atoms with Crippen LogP contribution in [0.3, 0.4) is 0 Å². The molecule has 214 valence electrons. The van der Waals surface area contributed by atoms with Gasteiger partial charge in [-0.3, -0.25) is 14.9 Å². The van der Waals surface area contributed by atoms with E-state index in [0.717, 1.165) is 0 Å². The van der Waals surface area contributed by atoms with Crippen LogP contribution in [-0.4, -0.2) is 55.2 Å². The zero-order chi connectivity index (χ0) is 29.5. The molecule has 0 aliphatic carbocycles. The van der Waals surface area contributed by atoms with E-state index in [0.29, 0.717) is 57.6 Å². The highest BCUT2D eigenvalue weighted by Crippen LogP contribution is 2.31. The van der Waals surface area contributed by atoms with Gasteiger partial charge < -0.3 is 20.4 Å². The van der Waals surface area contributed by atoms with Gasteiger partial charge in [0.05, 0.1) is 36.4 Å². The van der Waals surface area contributed by atoms with Crippen molar-refractivity contribution in [2.24, 2.45) is 0 Å². The third-order valence-electron chi connectivity index (χ3n) is 6.33. The van der Waals surface area contributed by atoms with Gasteiger partial charge in [0.2, 0.25) is 11.8 Å². The van der Waals surface area contributed by atoms with Gasteiger partial charge in [-0.15, -0.1) is 5.10 Å². The van der Waals surface area contributed by atoms with Crippen LogP contribution in [-0.2, 0) is 14.3 Å².